The maximum Gasteiger partial charge on any atom is 0.191 e. The summed E-state index contributed by atoms with van der Waals surface area (Å²) in [5, 5.41) is 8.95. The van der Waals surface area contributed by atoms with Gasteiger partial charge in [0.25, 0.3) is 0 Å². The number of rotatable bonds is 4. The molecule has 20 heavy (non-hydrogen) atoms. The summed E-state index contributed by atoms with van der Waals surface area (Å²) in [5.74, 6) is 0.785. The second-order valence-electron chi connectivity index (χ2n) is 4.28. The van der Waals surface area contributed by atoms with Crippen molar-refractivity contribution in [1.82, 2.24) is 10.6 Å². The van der Waals surface area contributed by atoms with E-state index in [9.17, 15) is 0 Å². The van der Waals surface area contributed by atoms with Crippen molar-refractivity contribution in [2.45, 2.75) is 6.54 Å². The second kappa shape index (κ2) is 8.58. The molecule has 0 aliphatic heterocycles. The van der Waals surface area contributed by atoms with E-state index in [-0.39, 0.29) is 24.0 Å². The minimum Gasteiger partial charge on any atom is -0.353 e. The van der Waals surface area contributed by atoms with E-state index in [1.807, 2.05) is 6.08 Å². The van der Waals surface area contributed by atoms with Crippen molar-refractivity contribution in [2.24, 2.45) is 4.99 Å². The maximum atomic E-state index is 4.15. The van der Waals surface area contributed by atoms with E-state index in [1.54, 1.807) is 7.05 Å². The summed E-state index contributed by atoms with van der Waals surface area (Å²) in [6, 6.07) is 14.8. The molecule has 106 valence electrons. The van der Waals surface area contributed by atoms with Gasteiger partial charge < -0.3 is 10.6 Å². The number of hydrogen-bond acceptors (Lipinski definition) is 1. The van der Waals surface area contributed by atoms with Crippen molar-refractivity contribution in [2.75, 3.05) is 13.6 Å². The number of hydrogen-bond donors (Lipinski definition) is 2. The lowest BCUT2D eigenvalue weighted by Gasteiger charge is -2.10. The zero-order valence-corrected chi connectivity index (χ0v) is 13.9. The third-order valence-electron chi connectivity index (χ3n) is 2.91. The molecule has 0 radical (unpaired) electrons. The van der Waals surface area contributed by atoms with Crippen LogP contribution in [0.15, 0.2) is 60.1 Å². The predicted molar refractivity (Wildman–Crippen MR) is 97.8 cm³/mol. The van der Waals surface area contributed by atoms with E-state index in [4.69, 9.17) is 0 Å². The van der Waals surface area contributed by atoms with Gasteiger partial charge in [0, 0.05) is 20.1 Å². The first-order valence-corrected chi connectivity index (χ1v) is 6.36. The van der Waals surface area contributed by atoms with Gasteiger partial charge in [0.15, 0.2) is 5.96 Å². The van der Waals surface area contributed by atoms with Gasteiger partial charge >= 0.3 is 0 Å². The van der Waals surface area contributed by atoms with Crippen molar-refractivity contribution >= 4 is 40.7 Å². The Kier molecular flexibility index (Phi) is 7.08. The van der Waals surface area contributed by atoms with Gasteiger partial charge in [-0.3, -0.25) is 4.99 Å². The van der Waals surface area contributed by atoms with Crippen LogP contribution in [0.3, 0.4) is 0 Å². The Hall–Kier alpha value is -1.56. The standard InChI is InChI=1S/C16H19N3.HI/c1-3-10-18-16(17-2)19-12-13-8-9-14-6-4-5-7-15(14)11-13;/h3-9,11H,1,10,12H2,2H3,(H2,17,18,19);1H. The molecule has 0 aromatic heterocycles. The largest absolute Gasteiger partial charge is 0.353 e. The molecule has 0 saturated heterocycles. The van der Waals surface area contributed by atoms with Crippen molar-refractivity contribution in [1.29, 1.82) is 0 Å². The average molecular weight is 381 g/mol. The molecule has 2 aromatic carbocycles. The minimum absolute atomic E-state index is 0. The van der Waals surface area contributed by atoms with Gasteiger partial charge in [-0.15, -0.1) is 30.6 Å². The first kappa shape index (κ1) is 16.5. The van der Waals surface area contributed by atoms with Crippen LogP contribution in [0.25, 0.3) is 10.8 Å². The van der Waals surface area contributed by atoms with Crippen LogP contribution in [0.4, 0.5) is 0 Å². The Morgan fingerprint density at radius 1 is 1.15 bits per heavy atom. The van der Waals surface area contributed by atoms with Gasteiger partial charge in [-0.1, -0.05) is 42.5 Å². The van der Waals surface area contributed by atoms with Crippen molar-refractivity contribution in [3.05, 3.63) is 60.7 Å². The van der Waals surface area contributed by atoms with Crippen LogP contribution in [-0.4, -0.2) is 19.6 Å². The molecule has 4 heteroatoms. The molecular formula is C16H20IN3. The molecule has 3 nitrogen and oxygen atoms in total. The molecule has 0 saturated carbocycles. The van der Waals surface area contributed by atoms with Gasteiger partial charge in [0.1, 0.15) is 0 Å². The average Bonchev–Trinajstić information content (AvgIpc) is 2.47. The molecule has 0 heterocycles. The lowest BCUT2D eigenvalue weighted by atomic mass is 10.1. The summed E-state index contributed by atoms with van der Waals surface area (Å²) in [4.78, 5) is 4.15. The molecule has 0 fully saturated rings. The second-order valence-corrected chi connectivity index (χ2v) is 4.28. The fourth-order valence-electron chi connectivity index (χ4n) is 1.92. The van der Waals surface area contributed by atoms with Crippen LogP contribution in [0, 0.1) is 0 Å². The summed E-state index contributed by atoms with van der Waals surface area (Å²) in [7, 11) is 1.76. The highest BCUT2D eigenvalue weighted by atomic mass is 127. The Balaban J connectivity index is 0.00000200. The van der Waals surface area contributed by atoms with E-state index < -0.39 is 0 Å². The van der Waals surface area contributed by atoms with Gasteiger partial charge in [-0.25, -0.2) is 0 Å². The highest BCUT2D eigenvalue weighted by Gasteiger charge is 1.98. The quantitative estimate of drug-likeness (QED) is 0.369. The Morgan fingerprint density at radius 2 is 1.90 bits per heavy atom. The number of nitrogens with zero attached hydrogens (tertiary/aromatic N) is 1. The first-order chi connectivity index (χ1) is 9.33. The van der Waals surface area contributed by atoms with E-state index in [0.29, 0.717) is 6.54 Å². The Bertz CT molecular complexity index is 593. The summed E-state index contributed by atoms with van der Waals surface area (Å²) in [5.41, 5.74) is 1.24. The minimum atomic E-state index is 0. The van der Waals surface area contributed by atoms with E-state index in [2.05, 4.69) is 64.7 Å². The molecule has 0 spiro atoms. The molecule has 2 aromatic rings. The fraction of sp³-hybridized carbons (Fsp3) is 0.188. The number of guanidine groups is 1. The Morgan fingerprint density at radius 3 is 2.60 bits per heavy atom. The highest BCUT2D eigenvalue weighted by Crippen LogP contribution is 2.15. The maximum absolute atomic E-state index is 4.15. The SMILES string of the molecule is C=CCNC(=NC)NCc1ccc2ccccc2c1.I. The van der Waals surface area contributed by atoms with Crippen LogP contribution in [0.5, 0.6) is 0 Å². The van der Waals surface area contributed by atoms with Crippen LogP contribution in [-0.2, 0) is 6.54 Å². The molecule has 0 bridgehead atoms. The molecule has 0 aliphatic rings. The molecule has 2 rings (SSSR count). The topological polar surface area (TPSA) is 36.4 Å². The van der Waals surface area contributed by atoms with Gasteiger partial charge in [0.05, 0.1) is 0 Å². The smallest absolute Gasteiger partial charge is 0.191 e. The fourth-order valence-corrected chi connectivity index (χ4v) is 1.92. The highest BCUT2D eigenvalue weighted by molar-refractivity contribution is 14.0. The van der Waals surface area contributed by atoms with Crippen molar-refractivity contribution < 1.29 is 0 Å². The van der Waals surface area contributed by atoms with Gasteiger partial charge in [-0.2, -0.15) is 0 Å². The first-order valence-electron chi connectivity index (χ1n) is 6.36. The van der Waals surface area contributed by atoms with Crippen LogP contribution in [0.1, 0.15) is 5.56 Å². The molecule has 0 unspecified atom stereocenters. The summed E-state index contributed by atoms with van der Waals surface area (Å²) in [6.45, 7) is 5.13. The number of benzene rings is 2. The van der Waals surface area contributed by atoms with E-state index >= 15 is 0 Å². The lowest BCUT2D eigenvalue weighted by Crippen LogP contribution is -2.36. The number of aliphatic imine (C=N–C) groups is 1. The molecule has 2 N–H and O–H groups in total. The molecule has 0 amide bonds. The lowest BCUT2D eigenvalue weighted by molar-refractivity contribution is 0.848. The molecule has 0 aliphatic carbocycles. The van der Waals surface area contributed by atoms with Gasteiger partial charge in [0.2, 0.25) is 0 Å². The normalized spacial score (nSPS) is 10.8. The van der Waals surface area contributed by atoms with Crippen LogP contribution < -0.4 is 10.6 Å². The summed E-state index contributed by atoms with van der Waals surface area (Å²) < 4.78 is 0. The molecule has 0 atom stereocenters. The predicted octanol–water partition coefficient (Wildman–Crippen LogP) is 3.31. The van der Waals surface area contributed by atoms with Crippen molar-refractivity contribution in [3.63, 3.8) is 0 Å². The van der Waals surface area contributed by atoms with E-state index in [1.165, 1.54) is 16.3 Å². The van der Waals surface area contributed by atoms with E-state index in [0.717, 1.165) is 12.5 Å². The van der Waals surface area contributed by atoms with Crippen LogP contribution >= 0.6 is 24.0 Å². The number of halogens is 1. The zero-order valence-electron chi connectivity index (χ0n) is 11.6. The third-order valence-corrected chi connectivity index (χ3v) is 2.91. The number of fused-ring (bicyclic) bond motifs is 1. The van der Waals surface area contributed by atoms with Crippen LogP contribution in [0.2, 0.25) is 0 Å². The number of nitrogens with one attached hydrogen (secondary N) is 2. The molecular weight excluding hydrogens is 361 g/mol. The Labute approximate surface area is 137 Å². The van der Waals surface area contributed by atoms with Gasteiger partial charge in [-0.05, 0) is 22.4 Å². The summed E-state index contributed by atoms with van der Waals surface area (Å²) in [6.07, 6.45) is 1.81. The third kappa shape index (κ3) is 4.52. The summed E-state index contributed by atoms with van der Waals surface area (Å²) >= 11 is 0. The van der Waals surface area contributed by atoms with Crippen molar-refractivity contribution in [3.8, 4) is 0 Å². The zero-order chi connectivity index (χ0) is 13.5. The monoisotopic (exact) mass is 381 g/mol.